The number of aryl methyl sites for hydroxylation is 1. The maximum absolute atomic E-state index is 4.81. The molecule has 1 aliphatic heterocycles. The number of nitrogens with one attached hydrogen (secondary N) is 1. The summed E-state index contributed by atoms with van der Waals surface area (Å²) in [5.41, 5.74) is 1.21. The van der Waals surface area contributed by atoms with Crippen LogP contribution >= 0.6 is 11.3 Å². The van der Waals surface area contributed by atoms with Gasteiger partial charge in [-0.2, -0.15) is 0 Å². The molecule has 4 nitrogen and oxygen atoms in total. The van der Waals surface area contributed by atoms with Crippen LogP contribution in [0.15, 0.2) is 0 Å². The highest BCUT2D eigenvalue weighted by atomic mass is 32.1. The van der Waals surface area contributed by atoms with Gasteiger partial charge in [0.2, 0.25) is 0 Å². The van der Waals surface area contributed by atoms with Crippen molar-refractivity contribution >= 4 is 16.5 Å². The van der Waals surface area contributed by atoms with Crippen molar-refractivity contribution in [2.75, 3.05) is 25.0 Å². The van der Waals surface area contributed by atoms with Gasteiger partial charge < -0.3 is 10.2 Å². The van der Waals surface area contributed by atoms with Gasteiger partial charge in [0.1, 0.15) is 0 Å². The molecule has 2 fully saturated rings. The first-order valence-electron chi connectivity index (χ1n) is 7.71. The molecule has 3 rings (SSSR count). The van der Waals surface area contributed by atoms with Gasteiger partial charge in [-0.05, 0) is 40.7 Å². The van der Waals surface area contributed by atoms with Crippen molar-refractivity contribution < 1.29 is 0 Å². The normalized spacial score (nSPS) is 28.1. The summed E-state index contributed by atoms with van der Waals surface area (Å²) in [4.78, 5) is 11.2. The molecule has 2 unspecified atom stereocenters. The predicted octanol–water partition coefficient (Wildman–Crippen LogP) is 2.23. The van der Waals surface area contributed by atoms with Crippen LogP contribution in [0.2, 0.25) is 0 Å². The van der Waals surface area contributed by atoms with Gasteiger partial charge in [-0.1, -0.05) is 0 Å². The Kier molecular flexibility index (Phi) is 4.02. The van der Waals surface area contributed by atoms with Gasteiger partial charge in [0.05, 0.1) is 5.69 Å². The molecule has 1 aliphatic carbocycles. The van der Waals surface area contributed by atoms with E-state index < -0.39 is 0 Å². The van der Waals surface area contributed by atoms with Gasteiger partial charge in [0, 0.05) is 42.6 Å². The van der Waals surface area contributed by atoms with Crippen LogP contribution in [-0.4, -0.2) is 48.1 Å². The molecule has 2 heterocycles. The molecule has 112 valence electrons. The van der Waals surface area contributed by atoms with Crippen LogP contribution in [0.1, 0.15) is 37.3 Å². The Labute approximate surface area is 126 Å². The third-order valence-corrected chi connectivity index (χ3v) is 5.86. The lowest BCUT2D eigenvalue weighted by Gasteiger charge is -2.42. The quantitative estimate of drug-likeness (QED) is 0.923. The lowest BCUT2D eigenvalue weighted by atomic mass is 10.1. The monoisotopic (exact) mass is 294 g/mol. The van der Waals surface area contributed by atoms with E-state index in [-0.39, 0.29) is 0 Å². The highest BCUT2D eigenvalue weighted by Gasteiger charge is 2.28. The minimum absolute atomic E-state index is 0.594. The average molecular weight is 294 g/mol. The molecule has 0 spiro atoms. The second-order valence-electron chi connectivity index (χ2n) is 6.43. The number of hydrogen-bond acceptors (Lipinski definition) is 5. The molecule has 5 heteroatoms. The van der Waals surface area contributed by atoms with Crippen LogP contribution < -0.4 is 10.2 Å². The molecule has 1 saturated carbocycles. The average Bonchev–Trinajstić information content (AvgIpc) is 3.16. The third-order valence-electron chi connectivity index (χ3n) is 4.64. The Morgan fingerprint density at radius 1 is 1.25 bits per heavy atom. The Bertz CT molecular complexity index is 456. The van der Waals surface area contributed by atoms with E-state index >= 15 is 0 Å². The molecule has 2 aliphatic rings. The highest BCUT2D eigenvalue weighted by Crippen LogP contribution is 2.29. The smallest absolute Gasteiger partial charge is 0.185 e. The molecule has 0 amide bonds. The summed E-state index contributed by atoms with van der Waals surface area (Å²) >= 11 is 1.87. The van der Waals surface area contributed by atoms with Gasteiger partial charge in [-0.25, -0.2) is 4.98 Å². The number of nitrogens with zero attached hydrogens (tertiary/aromatic N) is 3. The van der Waals surface area contributed by atoms with Gasteiger partial charge >= 0.3 is 0 Å². The molecule has 0 aromatic carbocycles. The molecule has 20 heavy (non-hydrogen) atoms. The SMILES string of the molecule is Cc1nc(N2CC(C)N(C)C(C)C2)sc1CNC1CC1. The van der Waals surface area contributed by atoms with Crippen LogP contribution in [0.4, 0.5) is 5.13 Å². The molecular formula is C15H26N4S. The number of hydrogen-bond donors (Lipinski definition) is 1. The van der Waals surface area contributed by atoms with Crippen molar-refractivity contribution in [2.45, 2.75) is 58.3 Å². The van der Waals surface area contributed by atoms with E-state index in [0.29, 0.717) is 12.1 Å². The first kappa shape index (κ1) is 14.3. The van der Waals surface area contributed by atoms with E-state index in [9.17, 15) is 0 Å². The van der Waals surface area contributed by atoms with Gasteiger partial charge in [-0.3, -0.25) is 4.90 Å². The second kappa shape index (κ2) is 5.62. The van der Waals surface area contributed by atoms with Crippen molar-refractivity contribution in [3.63, 3.8) is 0 Å². The zero-order valence-corrected chi connectivity index (χ0v) is 13.8. The minimum atomic E-state index is 0.594. The predicted molar refractivity (Wildman–Crippen MR) is 85.6 cm³/mol. The molecule has 1 N–H and O–H groups in total. The summed E-state index contributed by atoms with van der Waals surface area (Å²) in [6.07, 6.45) is 2.69. The standard InChI is InChI=1S/C15H26N4S/c1-10-8-19(9-11(2)18(10)4)15-17-12(3)14(20-15)7-16-13-5-6-13/h10-11,13,16H,5-9H2,1-4H3. The van der Waals surface area contributed by atoms with E-state index in [1.807, 2.05) is 11.3 Å². The van der Waals surface area contributed by atoms with Gasteiger partial charge in [-0.15, -0.1) is 11.3 Å². The highest BCUT2D eigenvalue weighted by molar-refractivity contribution is 7.15. The Hall–Kier alpha value is -0.650. The number of rotatable bonds is 4. The fraction of sp³-hybridized carbons (Fsp3) is 0.800. The largest absolute Gasteiger partial charge is 0.345 e. The molecule has 0 radical (unpaired) electrons. The minimum Gasteiger partial charge on any atom is -0.345 e. The first-order valence-corrected chi connectivity index (χ1v) is 8.53. The van der Waals surface area contributed by atoms with E-state index in [4.69, 9.17) is 4.98 Å². The summed E-state index contributed by atoms with van der Waals surface area (Å²) < 4.78 is 0. The lowest BCUT2D eigenvalue weighted by molar-refractivity contribution is 0.170. The first-order chi connectivity index (χ1) is 9.54. The van der Waals surface area contributed by atoms with Gasteiger partial charge in [0.25, 0.3) is 0 Å². The molecule has 1 saturated heterocycles. The van der Waals surface area contributed by atoms with Crippen molar-refractivity contribution in [1.82, 2.24) is 15.2 Å². The number of anilines is 1. The maximum Gasteiger partial charge on any atom is 0.185 e. The van der Waals surface area contributed by atoms with Crippen LogP contribution in [-0.2, 0) is 6.54 Å². The zero-order chi connectivity index (χ0) is 14.3. The third kappa shape index (κ3) is 3.00. The molecular weight excluding hydrogens is 268 g/mol. The molecule has 0 bridgehead atoms. The number of likely N-dealkylation sites (N-methyl/N-ethyl adjacent to an activating group) is 1. The van der Waals surface area contributed by atoms with Crippen molar-refractivity contribution in [2.24, 2.45) is 0 Å². The summed E-state index contributed by atoms with van der Waals surface area (Å²) in [6.45, 7) is 9.92. The number of thiazole rings is 1. The van der Waals surface area contributed by atoms with Crippen LogP contribution in [0.25, 0.3) is 0 Å². The molecule has 2 atom stereocenters. The second-order valence-corrected chi connectivity index (χ2v) is 7.49. The summed E-state index contributed by atoms with van der Waals surface area (Å²) in [5, 5.41) is 4.81. The van der Waals surface area contributed by atoms with E-state index in [1.165, 1.54) is 28.5 Å². The lowest BCUT2D eigenvalue weighted by Crippen LogP contribution is -2.55. The summed E-state index contributed by atoms with van der Waals surface area (Å²) in [6, 6.07) is 1.95. The van der Waals surface area contributed by atoms with Crippen molar-refractivity contribution in [3.05, 3.63) is 10.6 Å². The fourth-order valence-corrected chi connectivity index (χ4v) is 3.83. The Morgan fingerprint density at radius 3 is 2.50 bits per heavy atom. The summed E-state index contributed by atoms with van der Waals surface area (Å²) in [7, 11) is 2.23. The molecule has 1 aromatic rings. The Balaban J connectivity index is 1.68. The summed E-state index contributed by atoms with van der Waals surface area (Å²) in [5.74, 6) is 0. The number of aromatic nitrogens is 1. The Morgan fingerprint density at radius 2 is 1.90 bits per heavy atom. The topological polar surface area (TPSA) is 31.4 Å². The van der Waals surface area contributed by atoms with E-state index in [2.05, 4.69) is 42.9 Å². The van der Waals surface area contributed by atoms with Gasteiger partial charge in [0.15, 0.2) is 5.13 Å². The zero-order valence-electron chi connectivity index (χ0n) is 13.0. The van der Waals surface area contributed by atoms with Crippen LogP contribution in [0.3, 0.4) is 0 Å². The van der Waals surface area contributed by atoms with Crippen molar-refractivity contribution in [1.29, 1.82) is 0 Å². The van der Waals surface area contributed by atoms with Crippen LogP contribution in [0, 0.1) is 6.92 Å². The van der Waals surface area contributed by atoms with E-state index in [0.717, 1.165) is 25.7 Å². The molecule has 1 aromatic heterocycles. The maximum atomic E-state index is 4.81. The van der Waals surface area contributed by atoms with Crippen molar-refractivity contribution in [3.8, 4) is 0 Å². The fourth-order valence-electron chi connectivity index (χ4n) is 2.80. The van der Waals surface area contributed by atoms with E-state index in [1.54, 1.807) is 0 Å². The van der Waals surface area contributed by atoms with Crippen LogP contribution in [0.5, 0.6) is 0 Å². The number of piperazine rings is 1.